The normalized spacial score (nSPS) is 18.0. The van der Waals surface area contributed by atoms with Crippen LogP contribution in [0.15, 0.2) is 24.5 Å². The van der Waals surface area contributed by atoms with Crippen molar-refractivity contribution in [3.63, 3.8) is 0 Å². The van der Waals surface area contributed by atoms with Gasteiger partial charge in [0.1, 0.15) is 6.10 Å². The molecule has 110 valence electrons. The zero-order valence-electron chi connectivity index (χ0n) is 12.4. The van der Waals surface area contributed by atoms with E-state index in [-0.39, 0.29) is 12.0 Å². The van der Waals surface area contributed by atoms with Crippen LogP contribution in [0, 0.1) is 5.92 Å². The van der Waals surface area contributed by atoms with Gasteiger partial charge in [0.2, 0.25) is 0 Å². The highest BCUT2D eigenvalue weighted by atomic mass is 16.5. The monoisotopic (exact) mass is 276 g/mol. The van der Waals surface area contributed by atoms with E-state index in [0.717, 1.165) is 32.4 Å². The smallest absolute Gasteiger partial charge is 0.251 e. The number of pyridine rings is 1. The molecule has 1 fully saturated rings. The topological polar surface area (TPSA) is 42.4 Å². The molecule has 1 amide bonds. The van der Waals surface area contributed by atoms with Gasteiger partial charge in [0.25, 0.3) is 5.91 Å². The van der Waals surface area contributed by atoms with Crippen molar-refractivity contribution in [2.24, 2.45) is 5.92 Å². The van der Waals surface area contributed by atoms with E-state index in [4.69, 9.17) is 4.74 Å². The lowest BCUT2D eigenvalue weighted by Gasteiger charge is -2.33. The number of ether oxygens (including phenoxy) is 1. The molecule has 1 aliphatic rings. The van der Waals surface area contributed by atoms with Crippen molar-refractivity contribution >= 4 is 5.91 Å². The van der Waals surface area contributed by atoms with Gasteiger partial charge in [0.05, 0.1) is 0 Å². The third-order valence-electron chi connectivity index (χ3n) is 3.94. The predicted octanol–water partition coefficient (Wildman–Crippen LogP) is 2.29. The third kappa shape index (κ3) is 4.04. The lowest BCUT2D eigenvalue weighted by Crippen LogP contribution is -2.44. The van der Waals surface area contributed by atoms with Crippen LogP contribution >= 0.6 is 0 Å². The maximum absolute atomic E-state index is 12.1. The SMILES string of the molecule is CCO[C@@H](C)C(=O)N1CCC(Cc2cccnc2)CC1. The van der Waals surface area contributed by atoms with Gasteiger partial charge in [-0.3, -0.25) is 9.78 Å². The maximum atomic E-state index is 12.1. The van der Waals surface area contributed by atoms with Crippen LogP contribution in [0.4, 0.5) is 0 Å². The van der Waals surface area contributed by atoms with Crippen molar-refractivity contribution in [2.75, 3.05) is 19.7 Å². The summed E-state index contributed by atoms with van der Waals surface area (Å²) in [4.78, 5) is 18.2. The van der Waals surface area contributed by atoms with Crippen LogP contribution in [0.1, 0.15) is 32.3 Å². The molecule has 20 heavy (non-hydrogen) atoms. The van der Waals surface area contributed by atoms with Crippen LogP contribution in [0.25, 0.3) is 0 Å². The number of amides is 1. The number of carbonyl (C=O) groups is 1. The summed E-state index contributed by atoms with van der Waals surface area (Å²) in [7, 11) is 0. The maximum Gasteiger partial charge on any atom is 0.251 e. The van der Waals surface area contributed by atoms with Gasteiger partial charge in [-0.15, -0.1) is 0 Å². The average Bonchev–Trinajstić information content (AvgIpc) is 2.48. The number of hydrogen-bond acceptors (Lipinski definition) is 3. The lowest BCUT2D eigenvalue weighted by atomic mass is 9.90. The Hall–Kier alpha value is -1.42. The number of carbonyl (C=O) groups excluding carboxylic acids is 1. The molecule has 0 aliphatic carbocycles. The van der Waals surface area contributed by atoms with E-state index in [1.165, 1.54) is 5.56 Å². The molecule has 0 unspecified atom stereocenters. The Balaban J connectivity index is 1.79. The van der Waals surface area contributed by atoms with Crippen molar-refractivity contribution in [1.29, 1.82) is 0 Å². The van der Waals surface area contributed by atoms with Crippen LogP contribution < -0.4 is 0 Å². The fourth-order valence-corrected chi connectivity index (χ4v) is 2.79. The molecule has 1 atom stereocenters. The average molecular weight is 276 g/mol. The molecule has 0 radical (unpaired) electrons. The van der Waals surface area contributed by atoms with E-state index in [1.54, 1.807) is 6.20 Å². The molecular formula is C16H24N2O2. The first-order chi connectivity index (χ1) is 9.70. The number of aromatic nitrogens is 1. The van der Waals surface area contributed by atoms with Crippen LogP contribution in [-0.2, 0) is 16.0 Å². The molecule has 0 aromatic carbocycles. The highest BCUT2D eigenvalue weighted by Crippen LogP contribution is 2.22. The first kappa shape index (κ1) is 15.0. The van der Waals surface area contributed by atoms with Crippen molar-refractivity contribution in [1.82, 2.24) is 9.88 Å². The van der Waals surface area contributed by atoms with Crippen molar-refractivity contribution in [2.45, 2.75) is 39.2 Å². The van der Waals surface area contributed by atoms with Gasteiger partial charge < -0.3 is 9.64 Å². The van der Waals surface area contributed by atoms with Gasteiger partial charge in [-0.05, 0) is 50.7 Å². The summed E-state index contributed by atoms with van der Waals surface area (Å²) in [6, 6.07) is 4.11. The Labute approximate surface area is 121 Å². The first-order valence-electron chi connectivity index (χ1n) is 7.50. The summed E-state index contributed by atoms with van der Waals surface area (Å²) < 4.78 is 5.38. The van der Waals surface area contributed by atoms with Crippen molar-refractivity contribution in [3.8, 4) is 0 Å². The van der Waals surface area contributed by atoms with Crippen LogP contribution in [0.3, 0.4) is 0 Å². The van der Waals surface area contributed by atoms with Crippen LogP contribution in [0.5, 0.6) is 0 Å². The molecule has 2 heterocycles. The van der Waals surface area contributed by atoms with E-state index in [9.17, 15) is 4.79 Å². The van der Waals surface area contributed by atoms with Gasteiger partial charge in [-0.1, -0.05) is 6.07 Å². The summed E-state index contributed by atoms with van der Waals surface area (Å²) >= 11 is 0. The van der Waals surface area contributed by atoms with Gasteiger partial charge in [-0.25, -0.2) is 0 Å². The molecule has 0 bridgehead atoms. The molecule has 2 rings (SSSR count). The molecule has 4 heteroatoms. The van der Waals surface area contributed by atoms with E-state index < -0.39 is 0 Å². The molecule has 0 N–H and O–H groups in total. The minimum Gasteiger partial charge on any atom is -0.369 e. The second kappa shape index (κ2) is 7.39. The molecule has 1 aromatic heterocycles. The van der Waals surface area contributed by atoms with Gasteiger partial charge >= 0.3 is 0 Å². The summed E-state index contributed by atoms with van der Waals surface area (Å²) in [5, 5.41) is 0. The standard InChI is InChI=1S/C16H24N2O2/c1-3-20-13(2)16(19)18-9-6-14(7-10-18)11-15-5-4-8-17-12-15/h4-5,8,12-14H,3,6-7,9-11H2,1-2H3/t13-/m0/s1. The van der Waals surface area contributed by atoms with Gasteiger partial charge in [0.15, 0.2) is 0 Å². The zero-order chi connectivity index (χ0) is 14.4. The second-order valence-electron chi connectivity index (χ2n) is 5.43. The Bertz CT molecular complexity index is 414. The summed E-state index contributed by atoms with van der Waals surface area (Å²) in [6.07, 6.45) is 6.64. The van der Waals surface area contributed by atoms with Crippen LogP contribution in [0.2, 0.25) is 0 Å². The fraction of sp³-hybridized carbons (Fsp3) is 0.625. The number of hydrogen-bond donors (Lipinski definition) is 0. The minimum atomic E-state index is -0.310. The third-order valence-corrected chi connectivity index (χ3v) is 3.94. The molecule has 1 aromatic rings. The molecule has 4 nitrogen and oxygen atoms in total. The summed E-state index contributed by atoms with van der Waals surface area (Å²) in [5.74, 6) is 0.789. The Kier molecular flexibility index (Phi) is 5.53. The van der Waals surface area contributed by atoms with Crippen LogP contribution in [-0.4, -0.2) is 41.6 Å². The lowest BCUT2D eigenvalue weighted by molar-refractivity contribution is -0.143. The van der Waals surface area contributed by atoms with Crippen molar-refractivity contribution in [3.05, 3.63) is 30.1 Å². The first-order valence-corrected chi connectivity index (χ1v) is 7.50. The van der Waals surface area contributed by atoms with E-state index in [2.05, 4.69) is 11.1 Å². The highest BCUT2D eigenvalue weighted by molar-refractivity contribution is 5.80. The largest absolute Gasteiger partial charge is 0.369 e. The quantitative estimate of drug-likeness (QED) is 0.828. The molecule has 1 saturated heterocycles. The number of nitrogens with zero attached hydrogens (tertiary/aromatic N) is 2. The van der Waals surface area contributed by atoms with Gasteiger partial charge in [-0.2, -0.15) is 0 Å². The number of likely N-dealkylation sites (tertiary alicyclic amines) is 1. The number of rotatable bonds is 5. The predicted molar refractivity (Wildman–Crippen MR) is 78.3 cm³/mol. The van der Waals surface area contributed by atoms with E-state index in [0.29, 0.717) is 12.5 Å². The molecule has 1 aliphatic heterocycles. The van der Waals surface area contributed by atoms with Gasteiger partial charge in [0, 0.05) is 32.1 Å². The second-order valence-corrected chi connectivity index (χ2v) is 5.43. The Morgan fingerprint density at radius 2 is 2.25 bits per heavy atom. The highest BCUT2D eigenvalue weighted by Gasteiger charge is 2.26. The summed E-state index contributed by atoms with van der Waals surface area (Å²) in [6.45, 7) is 6.05. The molecular weight excluding hydrogens is 252 g/mol. The zero-order valence-corrected chi connectivity index (χ0v) is 12.4. The Morgan fingerprint density at radius 1 is 1.50 bits per heavy atom. The minimum absolute atomic E-state index is 0.131. The fourth-order valence-electron chi connectivity index (χ4n) is 2.79. The Morgan fingerprint density at radius 3 is 2.85 bits per heavy atom. The van der Waals surface area contributed by atoms with E-state index in [1.807, 2.05) is 31.0 Å². The molecule has 0 spiro atoms. The summed E-state index contributed by atoms with van der Waals surface area (Å²) in [5.41, 5.74) is 1.29. The number of piperidine rings is 1. The molecule has 0 saturated carbocycles. The van der Waals surface area contributed by atoms with Crippen molar-refractivity contribution < 1.29 is 9.53 Å². The van der Waals surface area contributed by atoms with E-state index >= 15 is 0 Å².